The fraction of sp³-hybridized carbons (Fsp3) is 0.625. The minimum absolute atomic E-state index is 0.235. The van der Waals surface area contributed by atoms with Gasteiger partial charge in [0.05, 0.1) is 5.69 Å². The van der Waals surface area contributed by atoms with E-state index in [2.05, 4.69) is 13.8 Å². The average Bonchev–Trinajstić information content (AvgIpc) is 2.43. The predicted molar refractivity (Wildman–Crippen MR) is 88.8 cm³/mol. The summed E-state index contributed by atoms with van der Waals surface area (Å²) >= 11 is 0. The first-order chi connectivity index (χ1) is 9.77. The molecule has 0 aliphatic carbocycles. The first kappa shape index (κ1) is 18.0. The fourth-order valence-electron chi connectivity index (χ4n) is 2.41. The summed E-state index contributed by atoms with van der Waals surface area (Å²) in [7, 11) is -3.53. The Hall–Kier alpha value is -1.07. The largest absolute Gasteiger partial charge is 0.398 e. The van der Waals surface area contributed by atoms with Crippen LogP contribution in [0.3, 0.4) is 0 Å². The molecule has 1 aromatic rings. The lowest BCUT2D eigenvalue weighted by Gasteiger charge is -2.25. The zero-order valence-electron chi connectivity index (χ0n) is 13.8. The van der Waals surface area contributed by atoms with Crippen molar-refractivity contribution in [3.63, 3.8) is 0 Å². The van der Waals surface area contributed by atoms with E-state index in [-0.39, 0.29) is 4.90 Å². The molecular weight excluding hydrogens is 284 g/mol. The molecule has 0 aliphatic rings. The first-order valence-corrected chi connectivity index (χ1v) is 9.08. The third-order valence-corrected chi connectivity index (χ3v) is 6.21. The SMILES string of the molecule is CCC(CC)CN(CC)S(=O)(=O)c1cc(C)c(C)cc1N. The Labute approximate surface area is 129 Å². The van der Waals surface area contributed by atoms with Gasteiger partial charge in [0.15, 0.2) is 0 Å². The van der Waals surface area contributed by atoms with Crippen molar-refractivity contribution in [1.29, 1.82) is 0 Å². The molecule has 0 saturated carbocycles. The van der Waals surface area contributed by atoms with Crippen LogP contribution in [0.5, 0.6) is 0 Å². The molecule has 0 fully saturated rings. The molecule has 0 atom stereocenters. The summed E-state index contributed by atoms with van der Waals surface area (Å²) in [6.07, 6.45) is 1.95. The van der Waals surface area contributed by atoms with Gasteiger partial charge in [-0.25, -0.2) is 8.42 Å². The Morgan fingerprint density at radius 3 is 2.10 bits per heavy atom. The molecule has 0 spiro atoms. The topological polar surface area (TPSA) is 63.4 Å². The van der Waals surface area contributed by atoms with Crippen molar-refractivity contribution in [2.45, 2.75) is 52.4 Å². The van der Waals surface area contributed by atoms with Gasteiger partial charge >= 0.3 is 0 Å². The molecule has 0 unspecified atom stereocenters. The van der Waals surface area contributed by atoms with Crippen LogP contribution in [0.2, 0.25) is 0 Å². The maximum Gasteiger partial charge on any atom is 0.245 e. The molecule has 1 rings (SSSR count). The van der Waals surface area contributed by atoms with Crippen LogP contribution in [0, 0.1) is 19.8 Å². The minimum Gasteiger partial charge on any atom is -0.398 e. The Balaban J connectivity index is 3.22. The normalized spacial score (nSPS) is 12.3. The molecule has 0 saturated heterocycles. The van der Waals surface area contributed by atoms with Gasteiger partial charge in [0.2, 0.25) is 10.0 Å². The highest BCUT2D eigenvalue weighted by molar-refractivity contribution is 7.89. The van der Waals surface area contributed by atoms with E-state index in [9.17, 15) is 8.42 Å². The van der Waals surface area contributed by atoms with Crippen LogP contribution in [0.25, 0.3) is 0 Å². The summed E-state index contributed by atoms with van der Waals surface area (Å²) in [5.74, 6) is 0.382. The lowest BCUT2D eigenvalue weighted by atomic mass is 10.0. The molecule has 2 N–H and O–H groups in total. The second kappa shape index (κ2) is 7.27. The van der Waals surface area contributed by atoms with Crippen molar-refractivity contribution in [2.24, 2.45) is 5.92 Å². The van der Waals surface area contributed by atoms with Gasteiger partial charge < -0.3 is 5.73 Å². The van der Waals surface area contributed by atoms with Crippen LogP contribution in [0.15, 0.2) is 17.0 Å². The lowest BCUT2D eigenvalue weighted by Crippen LogP contribution is -2.35. The number of aryl methyl sites for hydroxylation is 2. The Morgan fingerprint density at radius 1 is 1.10 bits per heavy atom. The van der Waals surface area contributed by atoms with Crippen molar-refractivity contribution < 1.29 is 8.42 Å². The van der Waals surface area contributed by atoms with Crippen molar-refractivity contribution in [3.05, 3.63) is 23.3 Å². The van der Waals surface area contributed by atoms with Gasteiger partial charge in [0, 0.05) is 13.1 Å². The number of nitrogen functional groups attached to an aromatic ring is 1. The monoisotopic (exact) mass is 312 g/mol. The Morgan fingerprint density at radius 2 is 1.62 bits per heavy atom. The van der Waals surface area contributed by atoms with Crippen LogP contribution in [-0.2, 0) is 10.0 Å². The summed E-state index contributed by atoms with van der Waals surface area (Å²) in [5.41, 5.74) is 8.25. The van der Waals surface area contributed by atoms with Crippen LogP contribution in [0.4, 0.5) is 5.69 Å². The number of rotatable bonds is 7. The Kier molecular flexibility index (Phi) is 6.23. The fourth-order valence-corrected chi connectivity index (χ4v) is 4.11. The summed E-state index contributed by atoms with van der Waals surface area (Å²) in [6, 6.07) is 3.43. The minimum atomic E-state index is -3.53. The van der Waals surface area contributed by atoms with Crippen LogP contribution in [-0.4, -0.2) is 25.8 Å². The second-order valence-corrected chi connectivity index (χ2v) is 7.52. The molecule has 5 heteroatoms. The summed E-state index contributed by atoms with van der Waals surface area (Å²) < 4.78 is 27.3. The van der Waals surface area contributed by atoms with Gasteiger partial charge in [-0.15, -0.1) is 0 Å². The Bertz CT molecular complexity index is 578. The van der Waals surface area contributed by atoms with Gasteiger partial charge in [-0.2, -0.15) is 4.31 Å². The van der Waals surface area contributed by atoms with E-state index in [1.807, 2.05) is 20.8 Å². The highest BCUT2D eigenvalue weighted by Crippen LogP contribution is 2.27. The number of hydrogen-bond acceptors (Lipinski definition) is 3. The number of nitrogens with two attached hydrogens (primary N) is 1. The van der Waals surface area contributed by atoms with Crippen molar-refractivity contribution in [1.82, 2.24) is 4.31 Å². The molecule has 4 nitrogen and oxygen atoms in total. The van der Waals surface area contributed by atoms with Gasteiger partial charge in [0.25, 0.3) is 0 Å². The highest BCUT2D eigenvalue weighted by Gasteiger charge is 2.27. The van der Waals surface area contributed by atoms with E-state index < -0.39 is 10.0 Å². The first-order valence-electron chi connectivity index (χ1n) is 7.64. The molecule has 120 valence electrons. The molecule has 1 aromatic carbocycles. The highest BCUT2D eigenvalue weighted by atomic mass is 32.2. The standard InChI is InChI=1S/C16H28N2O2S/c1-6-14(7-2)11-18(8-3)21(19,20)16-10-13(5)12(4)9-15(16)17/h9-10,14H,6-8,11,17H2,1-5H3. The summed E-state index contributed by atoms with van der Waals surface area (Å²) in [6.45, 7) is 10.9. The quantitative estimate of drug-likeness (QED) is 0.785. The molecule has 0 aliphatic heterocycles. The smallest absolute Gasteiger partial charge is 0.245 e. The molecule has 0 radical (unpaired) electrons. The maximum absolute atomic E-state index is 12.9. The van der Waals surface area contributed by atoms with Crippen LogP contribution in [0.1, 0.15) is 44.7 Å². The third-order valence-electron chi connectivity index (χ3n) is 4.21. The van der Waals surface area contributed by atoms with E-state index >= 15 is 0 Å². The zero-order valence-corrected chi connectivity index (χ0v) is 14.6. The number of hydrogen-bond donors (Lipinski definition) is 1. The molecule has 0 heterocycles. The van der Waals surface area contributed by atoms with E-state index in [4.69, 9.17) is 5.73 Å². The van der Waals surface area contributed by atoms with Gasteiger partial charge in [0.1, 0.15) is 4.90 Å². The van der Waals surface area contributed by atoms with E-state index in [1.165, 1.54) is 0 Å². The van der Waals surface area contributed by atoms with Crippen LogP contribution < -0.4 is 5.73 Å². The molecule has 21 heavy (non-hydrogen) atoms. The van der Waals surface area contributed by atoms with E-state index in [0.29, 0.717) is 24.7 Å². The molecule has 0 aromatic heterocycles. The van der Waals surface area contributed by atoms with Gasteiger partial charge in [-0.1, -0.05) is 33.6 Å². The van der Waals surface area contributed by atoms with Crippen molar-refractivity contribution in [2.75, 3.05) is 18.8 Å². The maximum atomic E-state index is 12.9. The van der Waals surface area contributed by atoms with Crippen molar-refractivity contribution >= 4 is 15.7 Å². The summed E-state index contributed by atoms with van der Waals surface area (Å²) in [5, 5.41) is 0. The molecular formula is C16H28N2O2S. The van der Waals surface area contributed by atoms with Gasteiger partial charge in [-0.3, -0.25) is 0 Å². The molecule has 0 bridgehead atoms. The second-order valence-electron chi connectivity index (χ2n) is 5.61. The average molecular weight is 312 g/mol. The van der Waals surface area contributed by atoms with Gasteiger partial charge in [-0.05, 0) is 43.0 Å². The number of anilines is 1. The van der Waals surface area contributed by atoms with Crippen LogP contribution >= 0.6 is 0 Å². The van der Waals surface area contributed by atoms with E-state index in [1.54, 1.807) is 16.4 Å². The van der Waals surface area contributed by atoms with E-state index in [0.717, 1.165) is 24.0 Å². The molecule has 0 amide bonds. The number of nitrogens with zero attached hydrogens (tertiary/aromatic N) is 1. The number of benzene rings is 1. The third kappa shape index (κ3) is 3.98. The predicted octanol–water partition coefficient (Wildman–Crippen LogP) is 3.33. The number of sulfonamides is 1. The summed E-state index contributed by atoms with van der Waals surface area (Å²) in [4.78, 5) is 0.235. The zero-order chi connectivity index (χ0) is 16.2. The van der Waals surface area contributed by atoms with Crippen molar-refractivity contribution in [3.8, 4) is 0 Å². The lowest BCUT2D eigenvalue weighted by molar-refractivity contribution is 0.339.